The zero-order valence-electron chi connectivity index (χ0n) is 7.53. The van der Waals surface area contributed by atoms with Gasteiger partial charge in [-0.1, -0.05) is 37.3 Å². The lowest BCUT2D eigenvalue weighted by atomic mass is 10.0. The van der Waals surface area contributed by atoms with Gasteiger partial charge < -0.3 is 0 Å². The van der Waals surface area contributed by atoms with E-state index in [1.165, 1.54) is 0 Å². The fourth-order valence-corrected chi connectivity index (χ4v) is 1.17. The van der Waals surface area contributed by atoms with E-state index in [9.17, 15) is 4.79 Å². The first-order chi connectivity index (χ1) is 6.24. The van der Waals surface area contributed by atoms with E-state index in [0.29, 0.717) is 6.42 Å². The first kappa shape index (κ1) is 9.74. The van der Waals surface area contributed by atoms with Crippen molar-refractivity contribution < 1.29 is 10.0 Å². The van der Waals surface area contributed by atoms with Gasteiger partial charge >= 0.3 is 0 Å². The van der Waals surface area contributed by atoms with Crippen LogP contribution in [0, 0.1) is 5.92 Å². The first-order valence-corrected chi connectivity index (χ1v) is 4.22. The van der Waals surface area contributed by atoms with Crippen LogP contribution >= 0.6 is 0 Å². The minimum Gasteiger partial charge on any atom is -0.289 e. The molecule has 70 valence electrons. The molecule has 0 spiro atoms. The van der Waals surface area contributed by atoms with Crippen LogP contribution in [0.4, 0.5) is 0 Å². The molecule has 3 heteroatoms. The summed E-state index contributed by atoms with van der Waals surface area (Å²) in [5.41, 5.74) is 2.74. The Labute approximate surface area is 77.4 Å². The summed E-state index contributed by atoms with van der Waals surface area (Å²) in [5.74, 6) is -0.545. The molecule has 0 aliphatic heterocycles. The van der Waals surface area contributed by atoms with E-state index in [1.807, 2.05) is 30.3 Å². The fraction of sp³-hybridized carbons (Fsp3) is 0.300. The van der Waals surface area contributed by atoms with Crippen LogP contribution in [-0.2, 0) is 11.2 Å². The highest BCUT2D eigenvalue weighted by atomic mass is 16.5. The number of carbonyl (C=O) groups excluding carboxylic acids is 1. The second-order valence-corrected chi connectivity index (χ2v) is 3.07. The molecule has 0 saturated carbocycles. The Hall–Kier alpha value is -1.35. The highest BCUT2D eigenvalue weighted by Crippen LogP contribution is 2.07. The largest absolute Gasteiger partial charge is 0.289 e. The Morgan fingerprint density at radius 1 is 1.46 bits per heavy atom. The van der Waals surface area contributed by atoms with Crippen molar-refractivity contribution in [2.45, 2.75) is 13.3 Å². The summed E-state index contributed by atoms with van der Waals surface area (Å²) in [4.78, 5) is 11.0. The molecule has 3 nitrogen and oxygen atoms in total. The monoisotopic (exact) mass is 179 g/mol. The second kappa shape index (κ2) is 4.62. The summed E-state index contributed by atoms with van der Waals surface area (Å²) in [6, 6.07) is 9.71. The molecule has 0 fully saturated rings. The van der Waals surface area contributed by atoms with E-state index >= 15 is 0 Å². The molecule has 1 atom stereocenters. The van der Waals surface area contributed by atoms with Crippen LogP contribution in [0.15, 0.2) is 30.3 Å². The highest BCUT2D eigenvalue weighted by Gasteiger charge is 2.11. The molecule has 13 heavy (non-hydrogen) atoms. The summed E-state index contributed by atoms with van der Waals surface area (Å²) in [5, 5.41) is 8.38. The maximum atomic E-state index is 11.0. The lowest BCUT2D eigenvalue weighted by Gasteiger charge is -2.08. The molecule has 2 N–H and O–H groups in total. The van der Waals surface area contributed by atoms with Gasteiger partial charge in [0.15, 0.2) is 0 Å². The zero-order chi connectivity index (χ0) is 9.68. The van der Waals surface area contributed by atoms with Gasteiger partial charge in [0.25, 0.3) is 0 Å². The summed E-state index contributed by atoms with van der Waals surface area (Å²) < 4.78 is 0. The van der Waals surface area contributed by atoms with E-state index in [4.69, 9.17) is 5.21 Å². The predicted octanol–water partition coefficient (Wildman–Crippen LogP) is 1.37. The fourth-order valence-electron chi connectivity index (χ4n) is 1.17. The van der Waals surface area contributed by atoms with Crippen molar-refractivity contribution in [1.29, 1.82) is 0 Å². The quantitative estimate of drug-likeness (QED) is 0.544. The third kappa shape index (κ3) is 2.87. The van der Waals surface area contributed by atoms with Crippen LogP contribution in [-0.4, -0.2) is 11.1 Å². The van der Waals surface area contributed by atoms with Crippen molar-refractivity contribution >= 4 is 5.91 Å². The van der Waals surface area contributed by atoms with Crippen LogP contribution in [0.2, 0.25) is 0 Å². The number of hydrogen-bond acceptors (Lipinski definition) is 2. The van der Waals surface area contributed by atoms with E-state index in [1.54, 1.807) is 12.4 Å². The Kier molecular flexibility index (Phi) is 3.46. The van der Waals surface area contributed by atoms with Crippen molar-refractivity contribution in [3.8, 4) is 0 Å². The van der Waals surface area contributed by atoms with Crippen LogP contribution < -0.4 is 5.48 Å². The molecular weight excluding hydrogens is 166 g/mol. The van der Waals surface area contributed by atoms with Gasteiger partial charge in [-0.05, 0) is 12.0 Å². The molecule has 0 aromatic heterocycles. The molecule has 0 radical (unpaired) electrons. The van der Waals surface area contributed by atoms with E-state index in [-0.39, 0.29) is 11.8 Å². The molecule has 1 rings (SSSR count). The average Bonchev–Trinajstić information content (AvgIpc) is 2.18. The number of carbonyl (C=O) groups is 1. The zero-order valence-corrected chi connectivity index (χ0v) is 7.53. The lowest BCUT2D eigenvalue weighted by molar-refractivity contribution is -0.132. The van der Waals surface area contributed by atoms with Crippen LogP contribution in [0.1, 0.15) is 12.5 Å². The number of hydrogen-bond donors (Lipinski definition) is 2. The Bertz CT molecular complexity index is 272. The van der Waals surface area contributed by atoms with E-state index < -0.39 is 0 Å². The first-order valence-electron chi connectivity index (χ1n) is 4.22. The van der Waals surface area contributed by atoms with Crippen LogP contribution in [0.25, 0.3) is 0 Å². The third-order valence-corrected chi connectivity index (χ3v) is 1.94. The third-order valence-electron chi connectivity index (χ3n) is 1.94. The molecule has 0 bridgehead atoms. The molecule has 1 aromatic carbocycles. The van der Waals surface area contributed by atoms with E-state index in [2.05, 4.69) is 0 Å². The van der Waals surface area contributed by atoms with Crippen molar-refractivity contribution in [1.82, 2.24) is 5.48 Å². The van der Waals surface area contributed by atoms with Gasteiger partial charge in [-0.15, -0.1) is 0 Å². The molecule has 0 aliphatic carbocycles. The van der Waals surface area contributed by atoms with E-state index in [0.717, 1.165) is 5.56 Å². The lowest BCUT2D eigenvalue weighted by Crippen LogP contribution is -2.27. The van der Waals surface area contributed by atoms with Gasteiger partial charge in [-0.25, -0.2) is 5.48 Å². The molecule has 1 aromatic rings. The maximum absolute atomic E-state index is 11.0. The number of rotatable bonds is 3. The highest BCUT2D eigenvalue weighted by molar-refractivity contribution is 5.77. The molecule has 0 saturated heterocycles. The van der Waals surface area contributed by atoms with Crippen molar-refractivity contribution in [2.24, 2.45) is 5.92 Å². The molecule has 1 amide bonds. The Morgan fingerprint density at radius 2 is 2.08 bits per heavy atom. The molecular formula is C10H13NO2. The van der Waals surface area contributed by atoms with Gasteiger partial charge in [-0.2, -0.15) is 0 Å². The smallest absolute Gasteiger partial charge is 0.246 e. The standard InChI is InChI=1S/C10H13NO2/c1-8(10(12)11-13)7-9-5-3-2-4-6-9/h2-6,8,13H,7H2,1H3,(H,11,12)/t8-/m0/s1. The minimum atomic E-state index is -0.344. The van der Waals surface area contributed by atoms with Crippen LogP contribution in [0.5, 0.6) is 0 Å². The molecule has 0 heterocycles. The van der Waals surface area contributed by atoms with Gasteiger partial charge in [-0.3, -0.25) is 10.0 Å². The van der Waals surface area contributed by atoms with Crippen LogP contribution in [0.3, 0.4) is 0 Å². The second-order valence-electron chi connectivity index (χ2n) is 3.07. The van der Waals surface area contributed by atoms with Gasteiger partial charge in [0.05, 0.1) is 0 Å². The number of benzene rings is 1. The SMILES string of the molecule is C[C@@H](Cc1ccccc1)C(=O)NO. The van der Waals surface area contributed by atoms with Gasteiger partial charge in [0, 0.05) is 5.92 Å². The van der Waals surface area contributed by atoms with Gasteiger partial charge in [0.1, 0.15) is 0 Å². The van der Waals surface area contributed by atoms with Crippen molar-refractivity contribution in [2.75, 3.05) is 0 Å². The Balaban J connectivity index is 2.55. The number of amides is 1. The topological polar surface area (TPSA) is 49.3 Å². The van der Waals surface area contributed by atoms with Gasteiger partial charge in [0.2, 0.25) is 5.91 Å². The Morgan fingerprint density at radius 3 is 2.62 bits per heavy atom. The number of nitrogens with one attached hydrogen (secondary N) is 1. The molecule has 0 aliphatic rings. The van der Waals surface area contributed by atoms with Crippen molar-refractivity contribution in [3.05, 3.63) is 35.9 Å². The maximum Gasteiger partial charge on any atom is 0.246 e. The van der Waals surface area contributed by atoms with Crippen molar-refractivity contribution in [3.63, 3.8) is 0 Å². The summed E-state index contributed by atoms with van der Waals surface area (Å²) in [7, 11) is 0. The predicted molar refractivity (Wildman–Crippen MR) is 49.2 cm³/mol. The molecule has 0 unspecified atom stereocenters. The number of hydroxylamine groups is 1. The minimum absolute atomic E-state index is 0.201. The summed E-state index contributed by atoms with van der Waals surface area (Å²) in [6.45, 7) is 1.78. The summed E-state index contributed by atoms with van der Waals surface area (Å²) in [6.07, 6.45) is 0.646. The normalized spacial score (nSPS) is 12.2. The average molecular weight is 179 g/mol. The summed E-state index contributed by atoms with van der Waals surface area (Å²) >= 11 is 0.